The lowest BCUT2D eigenvalue weighted by atomic mass is 10.2. The van der Waals surface area contributed by atoms with Gasteiger partial charge in [0.25, 0.3) is 5.91 Å². The smallest absolute Gasteiger partial charge is 0.263 e. The molecule has 1 amide bonds. The van der Waals surface area contributed by atoms with E-state index in [9.17, 15) is 10.1 Å². The van der Waals surface area contributed by atoms with Gasteiger partial charge in [-0.1, -0.05) is 12.1 Å². The average Bonchev–Trinajstić information content (AvgIpc) is 3.09. The molecule has 0 bridgehead atoms. The van der Waals surface area contributed by atoms with E-state index in [1.165, 1.54) is 6.20 Å². The number of aryl methyl sites for hydroxylation is 1. The number of carbonyl (C=O) groups excluding carboxylic acids is 1. The molecule has 0 unspecified atom stereocenters. The maximum Gasteiger partial charge on any atom is 0.263 e. The zero-order valence-corrected chi connectivity index (χ0v) is 13.6. The van der Waals surface area contributed by atoms with E-state index in [1.807, 2.05) is 31.2 Å². The largest absolute Gasteiger partial charge is 0.454 e. The molecule has 0 atom stereocenters. The van der Waals surface area contributed by atoms with E-state index in [4.69, 9.17) is 9.47 Å². The second-order valence-corrected chi connectivity index (χ2v) is 5.35. The van der Waals surface area contributed by atoms with Gasteiger partial charge in [-0.25, -0.2) is 4.98 Å². The number of pyridine rings is 1. The molecule has 1 aromatic heterocycles. The first-order valence-corrected chi connectivity index (χ1v) is 7.62. The second-order valence-electron chi connectivity index (χ2n) is 5.35. The van der Waals surface area contributed by atoms with Gasteiger partial charge in [0.2, 0.25) is 6.79 Å². The Kier molecular flexibility index (Phi) is 4.81. The molecule has 3 rings (SSSR count). The summed E-state index contributed by atoms with van der Waals surface area (Å²) in [6, 6.07) is 11.0. The van der Waals surface area contributed by atoms with Crippen LogP contribution in [-0.4, -0.2) is 17.7 Å². The van der Waals surface area contributed by atoms with E-state index in [-0.39, 0.29) is 18.9 Å². The highest BCUT2D eigenvalue weighted by molar-refractivity contribution is 5.97. The Morgan fingerprint density at radius 1 is 1.36 bits per heavy atom. The van der Waals surface area contributed by atoms with Crippen LogP contribution in [0.1, 0.15) is 11.1 Å². The van der Waals surface area contributed by atoms with Crippen molar-refractivity contribution in [3.63, 3.8) is 0 Å². The van der Waals surface area contributed by atoms with Crippen molar-refractivity contribution in [2.24, 2.45) is 0 Å². The number of aromatic nitrogens is 1. The fourth-order valence-corrected chi connectivity index (χ4v) is 2.25. The molecule has 2 N–H and O–H groups in total. The highest BCUT2D eigenvalue weighted by Gasteiger charge is 2.14. The van der Waals surface area contributed by atoms with Crippen LogP contribution in [0.3, 0.4) is 0 Å². The number of benzene rings is 1. The number of amides is 1. The van der Waals surface area contributed by atoms with Gasteiger partial charge in [-0.05, 0) is 36.2 Å². The van der Waals surface area contributed by atoms with Crippen LogP contribution in [0, 0.1) is 18.3 Å². The van der Waals surface area contributed by atoms with E-state index >= 15 is 0 Å². The van der Waals surface area contributed by atoms with E-state index in [0.29, 0.717) is 17.3 Å². The molecule has 2 aromatic rings. The number of nitriles is 1. The van der Waals surface area contributed by atoms with Gasteiger partial charge in [-0.3, -0.25) is 4.79 Å². The molecule has 2 heterocycles. The van der Waals surface area contributed by atoms with Crippen molar-refractivity contribution in [1.29, 1.82) is 5.26 Å². The summed E-state index contributed by atoms with van der Waals surface area (Å²) in [6.45, 7) is 2.36. The number of anilines is 1. The summed E-state index contributed by atoms with van der Waals surface area (Å²) in [6.07, 6.45) is 2.99. The number of ether oxygens (including phenoxy) is 2. The quantitative estimate of drug-likeness (QED) is 0.642. The van der Waals surface area contributed by atoms with Crippen LogP contribution in [0.2, 0.25) is 0 Å². The van der Waals surface area contributed by atoms with Crippen LogP contribution < -0.4 is 20.1 Å². The number of fused-ring (bicyclic) bond motifs is 1. The lowest BCUT2D eigenvalue weighted by Crippen LogP contribution is -2.24. The SMILES string of the molecule is Cc1cccnc1N/C=C(/C#N)C(=O)NCc1ccc2c(c1)OCO2. The molecular formula is C18H16N4O3. The molecule has 1 aromatic carbocycles. The van der Waals surface area contributed by atoms with Crippen molar-refractivity contribution in [2.75, 3.05) is 12.1 Å². The molecular weight excluding hydrogens is 320 g/mol. The standard InChI is InChI=1S/C18H16N4O3/c1-12-3-2-6-20-17(12)21-10-14(8-19)18(23)22-9-13-4-5-15-16(7-13)25-11-24-15/h2-7,10H,9,11H2,1H3,(H,20,21)(H,22,23)/b14-10-. The number of rotatable bonds is 5. The third-order valence-electron chi connectivity index (χ3n) is 3.62. The van der Waals surface area contributed by atoms with Gasteiger partial charge in [0.1, 0.15) is 17.5 Å². The van der Waals surface area contributed by atoms with Gasteiger partial charge in [0.15, 0.2) is 11.5 Å². The summed E-state index contributed by atoms with van der Waals surface area (Å²) in [4.78, 5) is 16.3. The van der Waals surface area contributed by atoms with Crippen molar-refractivity contribution in [1.82, 2.24) is 10.3 Å². The minimum Gasteiger partial charge on any atom is -0.454 e. The van der Waals surface area contributed by atoms with Gasteiger partial charge >= 0.3 is 0 Å². The van der Waals surface area contributed by atoms with Crippen LogP contribution in [-0.2, 0) is 11.3 Å². The van der Waals surface area contributed by atoms with Gasteiger partial charge in [-0.2, -0.15) is 5.26 Å². The minimum atomic E-state index is -0.471. The highest BCUT2D eigenvalue weighted by Crippen LogP contribution is 2.32. The Hall–Kier alpha value is -3.53. The summed E-state index contributed by atoms with van der Waals surface area (Å²) in [5.74, 6) is 1.46. The number of hydrogen-bond donors (Lipinski definition) is 2. The Morgan fingerprint density at radius 3 is 3.00 bits per heavy atom. The van der Waals surface area contributed by atoms with Gasteiger partial charge in [0, 0.05) is 18.9 Å². The zero-order valence-electron chi connectivity index (χ0n) is 13.6. The van der Waals surface area contributed by atoms with Crippen LogP contribution in [0.5, 0.6) is 11.5 Å². The van der Waals surface area contributed by atoms with E-state index < -0.39 is 5.91 Å². The fraction of sp³-hybridized carbons (Fsp3) is 0.167. The first-order valence-electron chi connectivity index (χ1n) is 7.62. The molecule has 0 fully saturated rings. The number of carbonyl (C=O) groups is 1. The third kappa shape index (κ3) is 3.87. The average molecular weight is 336 g/mol. The highest BCUT2D eigenvalue weighted by atomic mass is 16.7. The molecule has 7 heteroatoms. The molecule has 126 valence electrons. The molecule has 7 nitrogen and oxygen atoms in total. The molecule has 0 spiro atoms. The monoisotopic (exact) mass is 336 g/mol. The summed E-state index contributed by atoms with van der Waals surface area (Å²) >= 11 is 0. The van der Waals surface area contributed by atoms with Crippen LogP contribution in [0.4, 0.5) is 5.82 Å². The lowest BCUT2D eigenvalue weighted by Gasteiger charge is -2.07. The molecule has 0 saturated heterocycles. The Morgan fingerprint density at radius 2 is 2.20 bits per heavy atom. The normalized spacial score (nSPS) is 12.4. The summed E-state index contributed by atoms with van der Waals surface area (Å²) < 4.78 is 10.5. The van der Waals surface area contributed by atoms with Gasteiger partial charge in [-0.15, -0.1) is 0 Å². The lowest BCUT2D eigenvalue weighted by molar-refractivity contribution is -0.117. The van der Waals surface area contributed by atoms with Crippen LogP contribution >= 0.6 is 0 Å². The summed E-state index contributed by atoms with van der Waals surface area (Å²) in [7, 11) is 0. The zero-order chi connectivity index (χ0) is 17.6. The van der Waals surface area contributed by atoms with Crippen molar-refractivity contribution in [3.05, 3.63) is 59.4 Å². The van der Waals surface area contributed by atoms with E-state index in [1.54, 1.807) is 18.3 Å². The van der Waals surface area contributed by atoms with Gasteiger partial charge in [0.05, 0.1) is 0 Å². The molecule has 1 aliphatic rings. The number of nitrogens with zero attached hydrogens (tertiary/aromatic N) is 2. The van der Waals surface area contributed by atoms with E-state index in [2.05, 4.69) is 15.6 Å². The van der Waals surface area contributed by atoms with Crippen molar-refractivity contribution in [3.8, 4) is 17.6 Å². The van der Waals surface area contributed by atoms with Crippen molar-refractivity contribution < 1.29 is 14.3 Å². The molecule has 0 radical (unpaired) electrons. The predicted molar refractivity (Wildman–Crippen MR) is 90.7 cm³/mol. The third-order valence-corrected chi connectivity index (χ3v) is 3.62. The summed E-state index contributed by atoms with van der Waals surface area (Å²) in [5.41, 5.74) is 1.73. The van der Waals surface area contributed by atoms with Crippen molar-refractivity contribution in [2.45, 2.75) is 13.5 Å². The predicted octanol–water partition coefficient (Wildman–Crippen LogP) is 2.25. The Labute approximate surface area is 144 Å². The minimum absolute atomic E-state index is 0.0363. The molecule has 0 saturated carbocycles. The number of nitrogens with one attached hydrogen (secondary N) is 2. The molecule has 25 heavy (non-hydrogen) atoms. The van der Waals surface area contributed by atoms with Gasteiger partial charge < -0.3 is 20.1 Å². The van der Waals surface area contributed by atoms with Crippen molar-refractivity contribution >= 4 is 11.7 Å². The topological polar surface area (TPSA) is 96.3 Å². The molecule has 1 aliphatic heterocycles. The summed E-state index contributed by atoms with van der Waals surface area (Å²) in [5, 5.41) is 14.8. The molecule has 0 aliphatic carbocycles. The fourth-order valence-electron chi connectivity index (χ4n) is 2.25. The second kappa shape index (κ2) is 7.36. The Bertz CT molecular complexity index is 871. The first kappa shape index (κ1) is 16.3. The number of hydrogen-bond acceptors (Lipinski definition) is 6. The van der Waals surface area contributed by atoms with Crippen LogP contribution in [0.25, 0.3) is 0 Å². The first-order chi connectivity index (χ1) is 12.2. The van der Waals surface area contributed by atoms with Crippen LogP contribution in [0.15, 0.2) is 48.3 Å². The van der Waals surface area contributed by atoms with E-state index in [0.717, 1.165) is 11.1 Å². The maximum atomic E-state index is 12.2. The maximum absolute atomic E-state index is 12.2. The Balaban J connectivity index is 1.62.